The van der Waals surface area contributed by atoms with Gasteiger partial charge in [0, 0.05) is 12.5 Å². The molecule has 2 aromatic rings. The number of hydrogen-bond acceptors (Lipinski definition) is 5. The van der Waals surface area contributed by atoms with Gasteiger partial charge in [0.25, 0.3) is 0 Å². The Kier molecular flexibility index (Phi) is 5.92. The van der Waals surface area contributed by atoms with E-state index in [0.29, 0.717) is 11.5 Å². The number of carbonyl (C=O) groups excluding carboxylic acids is 1. The molecule has 0 saturated heterocycles. The van der Waals surface area contributed by atoms with Gasteiger partial charge in [-0.1, -0.05) is 30.3 Å². The van der Waals surface area contributed by atoms with E-state index >= 15 is 0 Å². The maximum atomic E-state index is 11.1. The van der Waals surface area contributed by atoms with E-state index in [1.165, 1.54) is 6.92 Å². The first-order chi connectivity index (χ1) is 11.5. The number of rotatable bonds is 7. The van der Waals surface area contributed by atoms with Crippen LogP contribution in [0.15, 0.2) is 48.5 Å². The molecule has 0 aliphatic heterocycles. The van der Waals surface area contributed by atoms with E-state index in [1.807, 2.05) is 12.1 Å². The minimum atomic E-state index is -1.03. The van der Waals surface area contributed by atoms with Crippen molar-refractivity contribution in [2.45, 2.75) is 26.0 Å². The van der Waals surface area contributed by atoms with Gasteiger partial charge >= 0.3 is 11.9 Å². The Morgan fingerprint density at radius 1 is 1.12 bits per heavy atom. The zero-order valence-electron chi connectivity index (χ0n) is 13.3. The van der Waals surface area contributed by atoms with Crippen molar-refractivity contribution in [3.63, 3.8) is 0 Å². The van der Waals surface area contributed by atoms with Crippen molar-refractivity contribution in [1.82, 2.24) is 0 Å². The molecular formula is C18H19NO5. The van der Waals surface area contributed by atoms with Crippen LogP contribution in [0, 0.1) is 0 Å². The molecule has 3 N–H and O–H groups in total. The lowest BCUT2D eigenvalue weighted by atomic mass is 10.1. The van der Waals surface area contributed by atoms with Crippen LogP contribution >= 0.6 is 0 Å². The van der Waals surface area contributed by atoms with Gasteiger partial charge in [-0.2, -0.15) is 0 Å². The van der Waals surface area contributed by atoms with Crippen molar-refractivity contribution in [2.24, 2.45) is 5.73 Å². The zero-order chi connectivity index (χ0) is 17.5. The minimum Gasteiger partial charge on any atom is -0.489 e. The minimum absolute atomic E-state index is 0.247. The third-order valence-corrected chi connectivity index (χ3v) is 3.32. The summed E-state index contributed by atoms with van der Waals surface area (Å²) in [6.07, 6.45) is 0.255. The fraction of sp³-hybridized carbons (Fsp3) is 0.222. The highest BCUT2D eigenvalue weighted by Gasteiger charge is 2.12. The van der Waals surface area contributed by atoms with Crippen molar-refractivity contribution < 1.29 is 24.2 Å². The summed E-state index contributed by atoms with van der Waals surface area (Å²) in [5.41, 5.74) is 7.08. The molecule has 126 valence electrons. The van der Waals surface area contributed by atoms with Crippen LogP contribution in [-0.2, 0) is 22.6 Å². The molecule has 0 spiro atoms. The number of nitrogens with two attached hydrogens (primary N) is 1. The number of aliphatic carboxylic acids is 1. The SMILES string of the molecule is CC(=O)Oc1ccccc1COc1ccc(C[C@H](N)C(=O)O)cc1. The predicted molar refractivity (Wildman–Crippen MR) is 87.8 cm³/mol. The number of para-hydroxylation sites is 1. The molecular weight excluding hydrogens is 310 g/mol. The highest BCUT2D eigenvalue weighted by molar-refractivity contribution is 5.73. The maximum Gasteiger partial charge on any atom is 0.320 e. The highest BCUT2D eigenvalue weighted by Crippen LogP contribution is 2.21. The highest BCUT2D eigenvalue weighted by atomic mass is 16.5. The van der Waals surface area contributed by atoms with Gasteiger partial charge < -0.3 is 20.3 Å². The molecule has 0 fully saturated rings. The van der Waals surface area contributed by atoms with E-state index in [-0.39, 0.29) is 19.0 Å². The third kappa shape index (κ3) is 5.10. The van der Waals surface area contributed by atoms with Crippen LogP contribution in [0.4, 0.5) is 0 Å². The average molecular weight is 329 g/mol. The Morgan fingerprint density at radius 2 is 1.79 bits per heavy atom. The second kappa shape index (κ2) is 8.12. The topological polar surface area (TPSA) is 98.9 Å². The van der Waals surface area contributed by atoms with Gasteiger partial charge in [-0.05, 0) is 30.2 Å². The second-order valence-corrected chi connectivity index (χ2v) is 5.28. The molecule has 0 aromatic heterocycles. The van der Waals surface area contributed by atoms with E-state index in [4.69, 9.17) is 20.3 Å². The first-order valence-electron chi connectivity index (χ1n) is 7.42. The fourth-order valence-electron chi connectivity index (χ4n) is 2.10. The number of carboxylic acid groups (broad SMARTS) is 1. The van der Waals surface area contributed by atoms with Gasteiger partial charge in [0.2, 0.25) is 0 Å². The van der Waals surface area contributed by atoms with Crippen LogP contribution in [0.2, 0.25) is 0 Å². The first-order valence-corrected chi connectivity index (χ1v) is 7.42. The molecule has 6 nitrogen and oxygen atoms in total. The lowest BCUT2D eigenvalue weighted by Gasteiger charge is -2.11. The standard InChI is InChI=1S/C18H19NO5/c1-12(20)24-17-5-3-2-4-14(17)11-23-15-8-6-13(7-9-15)10-16(19)18(21)22/h2-9,16H,10-11,19H2,1H3,(H,21,22)/t16-/m0/s1. The summed E-state index contributed by atoms with van der Waals surface area (Å²) < 4.78 is 10.8. The predicted octanol–water partition coefficient (Wildman–Crippen LogP) is 2.15. The maximum absolute atomic E-state index is 11.1. The number of hydrogen-bond donors (Lipinski definition) is 2. The molecule has 0 amide bonds. The lowest BCUT2D eigenvalue weighted by molar-refractivity contribution is -0.138. The molecule has 24 heavy (non-hydrogen) atoms. The van der Waals surface area contributed by atoms with Crippen molar-refractivity contribution in [1.29, 1.82) is 0 Å². The van der Waals surface area contributed by atoms with E-state index in [2.05, 4.69) is 0 Å². The van der Waals surface area contributed by atoms with Gasteiger partial charge in [0.1, 0.15) is 24.1 Å². The average Bonchev–Trinajstić information content (AvgIpc) is 2.54. The Morgan fingerprint density at radius 3 is 2.42 bits per heavy atom. The van der Waals surface area contributed by atoms with Gasteiger partial charge in [0.15, 0.2) is 0 Å². The van der Waals surface area contributed by atoms with E-state index in [1.54, 1.807) is 36.4 Å². The zero-order valence-corrected chi connectivity index (χ0v) is 13.3. The Labute approximate surface area is 139 Å². The van der Waals surface area contributed by atoms with E-state index in [0.717, 1.165) is 11.1 Å². The van der Waals surface area contributed by atoms with Gasteiger partial charge in [-0.3, -0.25) is 9.59 Å². The number of benzene rings is 2. The van der Waals surface area contributed by atoms with Crippen LogP contribution in [0.1, 0.15) is 18.1 Å². The van der Waals surface area contributed by atoms with Crippen LogP contribution in [-0.4, -0.2) is 23.1 Å². The summed E-state index contributed by atoms with van der Waals surface area (Å²) >= 11 is 0. The molecule has 0 saturated carbocycles. The quantitative estimate of drug-likeness (QED) is 0.596. The third-order valence-electron chi connectivity index (χ3n) is 3.32. The Bertz CT molecular complexity index is 712. The summed E-state index contributed by atoms with van der Waals surface area (Å²) in [5, 5.41) is 8.81. The summed E-state index contributed by atoms with van der Waals surface area (Å²) in [6.45, 7) is 1.59. The lowest BCUT2D eigenvalue weighted by Crippen LogP contribution is -2.32. The van der Waals surface area contributed by atoms with Gasteiger partial charge in [0.05, 0.1) is 0 Å². The van der Waals surface area contributed by atoms with E-state index in [9.17, 15) is 9.59 Å². The molecule has 1 atom stereocenters. The largest absolute Gasteiger partial charge is 0.489 e. The molecule has 0 bridgehead atoms. The molecule has 0 unspecified atom stereocenters. The normalized spacial score (nSPS) is 11.6. The first kappa shape index (κ1) is 17.5. The second-order valence-electron chi connectivity index (χ2n) is 5.28. The van der Waals surface area contributed by atoms with Crippen molar-refractivity contribution in [3.8, 4) is 11.5 Å². The molecule has 2 rings (SSSR count). The number of carboxylic acids is 1. The van der Waals surface area contributed by atoms with E-state index < -0.39 is 12.0 Å². The fourth-order valence-corrected chi connectivity index (χ4v) is 2.10. The van der Waals surface area contributed by atoms with Crippen LogP contribution in [0.5, 0.6) is 11.5 Å². The number of esters is 1. The summed E-state index contributed by atoms with van der Waals surface area (Å²) in [5.74, 6) is -0.326. The molecule has 0 radical (unpaired) electrons. The monoisotopic (exact) mass is 329 g/mol. The molecule has 0 aliphatic carbocycles. The number of ether oxygens (including phenoxy) is 2. The smallest absolute Gasteiger partial charge is 0.320 e. The molecule has 0 heterocycles. The van der Waals surface area contributed by atoms with Crippen molar-refractivity contribution >= 4 is 11.9 Å². The van der Waals surface area contributed by atoms with Gasteiger partial charge in [-0.15, -0.1) is 0 Å². The van der Waals surface area contributed by atoms with Crippen LogP contribution in [0.25, 0.3) is 0 Å². The van der Waals surface area contributed by atoms with Gasteiger partial charge in [-0.25, -0.2) is 0 Å². The number of carbonyl (C=O) groups is 2. The molecule has 0 aliphatic rings. The Hall–Kier alpha value is -2.86. The summed E-state index contributed by atoms with van der Waals surface area (Å²) in [6, 6.07) is 13.3. The van der Waals surface area contributed by atoms with Crippen LogP contribution in [0.3, 0.4) is 0 Å². The summed E-state index contributed by atoms with van der Waals surface area (Å²) in [4.78, 5) is 21.9. The van der Waals surface area contributed by atoms with Crippen molar-refractivity contribution in [2.75, 3.05) is 0 Å². The Balaban J connectivity index is 1.98. The molecule has 2 aromatic carbocycles. The van der Waals surface area contributed by atoms with Crippen molar-refractivity contribution in [3.05, 3.63) is 59.7 Å². The van der Waals surface area contributed by atoms with Crippen LogP contribution < -0.4 is 15.2 Å². The summed E-state index contributed by atoms with van der Waals surface area (Å²) in [7, 11) is 0. The molecule has 6 heteroatoms.